The fraction of sp³-hybridized carbons (Fsp3) is 0.300. The third-order valence-electron chi connectivity index (χ3n) is 6.39. The number of aromatic nitrogens is 1. The highest BCUT2D eigenvalue weighted by Gasteiger charge is 2.13. The van der Waals surface area contributed by atoms with E-state index in [1.165, 1.54) is 5.56 Å². The van der Waals surface area contributed by atoms with Gasteiger partial charge in [-0.05, 0) is 96.6 Å². The molecule has 0 fully saturated rings. The van der Waals surface area contributed by atoms with Crippen molar-refractivity contribution in [3.63, 3.8) is 0 Å². The van der Waals surface area contributed by atoms with Crippen LogP contribution in [-0.2, 0) is 4.79 Å². The van der Waals surface area contributed by atoms with Crippen LogP contribution in [0, 0.1) is 6.92 Å². The van der Waals surface area contributed by atoms with E-state index >= 15 is 0 Å². The van der Waals surface area contributed by atoms with Gasteiger partial charge in [0.25, 0.3) is 5.91 Å². The van der Waals surface area contributed by atoms with Crippen molar-refractivity contribution in [1.29, 1.82) is 0 Å². The molecule has 0 aliphatic carbocycles. The van der Waals surface area contributed by atoms with Gasteiger partial charge in [0.05, 0.1) is 0 Å². The topological polar surface area (TPSA) is 76.4 Å². The van der Waals surface area contributed by atoms with Gasteiger partial charge in [-0.2, -0.15) is 0 Å². The largest absolute Gasteiger partial charge is 0.483 e. The molecule has 192 valence electrons. The highest BCUT2D eigenvalue weighted by molar-refractivity contribution is 7.80. The maximum Gasteiger partial charge on any atom is 0.264 e. The third kappa shape index (κ3) is 6.54. The van der Waals surface area contributed by atoms with E-state index in [9.17, 15) is 4.79 Å². The van der Waals surface area contributed by atoms with Gasteiger partial charge in [0, 0.05) is 11.3 Å². The second-order valence-corrected chi connectivity index (χ2v) is 10.0. The van der Waals surface area contributed by atoms with Crippen LogP contribution in [0.2, 0.25) is 0 Å². The summed E-state index contributed by atoms with van der Waals surface area (Å²) in [6, 6.07) is 19.7. The molecule has 0 aliphatic heterocycles. The molecule has 0 saturated carbocycles. The van der Waals surface area contributed by atoms with Gasteiger partial charge in [-0.15, -0.1) is 0 Å². The zero-order chi connectivity index (χ0) is 26.5. The third-order valence-corrected chi connectivity index (χ3v) is 6.59. The number of carbonyl (C=O) groups is 1. The Kier molecular flexibility index (Phi) is 8.24. The van der Waals surface area contributed by atoms with E-state index < -0.39 is 0 Å². The zero-order valence-electron chi connectivity index (χ0n) is 21.9. The smallest absolute Gasteiger partial charge is 0.264 e. The Balaban J connectivity index is 1.34. The van der Waals surface area contributed by atoms with Crippen molar-refractivity contribution in [2.75, 3.05) is 11.9 Å². The van der Waals surface area contributed by atoms with Gasteiger partial charge in [0.1, 0.15) is 11.3 Å². The number of rotatable bonds is 8. The first-order valence-corrected chi connectivity index (χ1v) is 13.0. The summed E-state index contributed by atoms with van der Waals surface area (Å²) >= 11 is 5.31. The summed E-state index contributed by atoms with van der Waals surface area (Å²) in [4.78, 5) is 17.1. The van der Waals surface area contributed by atoms with Gasteiger partial charge >= 0.3 is 0 Å². The van der Waals surface area contributed by atoms with Crippen LogP contribution in [-0.4, -0.2) is 22.6 Å². The van der Waals surface area contributed by atoms with E-state index in [2.05, 4.69) is 55.4 Å². The summed E-state index contributed by atoms with van der Waals surface area (Å²) in [6.45, 7) is 10.4. The lowest BCUT2D eigenvalue weighted by Gasteiger charge is -2.15. The standard InChI is InChI=1S/C30H33N3O3S/c1-6-20(5)22-10-14-26-25(16-22)32-29(36-26)21-8-11-23(12-9-21)31-30(37)33-28(34)17-35-27-15-19(4)7-13-24(27)18(2)3/h7-16,18,20H,6,17H2,1-5H3,(H2,31,33,34,37). The second-order valence-electron chi connectivity index (χ2n) is 9.62. The van der Waals surface area contributed by atoms with Gasteiger partial charge in [0.15, 0.2) is 17.3 Å². The Morgan fingerprint density at radius 1 is 1.05 bits per heavy atom. The number of hydrogen-bond acceptors (Lipinski definition) is 5. The van der Waals surface area contributed by atoms with Gasteiger partial charge in [-0.25, -0.2) is 4.98 Å². The van der Waals surface area contributed by atoms with Gasteiger partial charge < -0.3 is 14.5 Å². The molecule has 0 bridgehead atoms. The predicted molar refractivity (Wildman–Crippen MR) is 153 cm³/mol. The minimum atomic E-state index is -0.325. The van der Waals surface area contributed by atoms with Crippen LogP contribution in [0.1, 0.15) is 62.6 Å². The summed E-state index contributed by atoms with van der Waals surface area (Å²) in [7, 11) is 0. The highest BCUT2D eigenvalue weighted by Crippen LogP contribution is 2.29. The molecule has 37 heavy (non-hydrogen) atoms. The van der Waals surface area contributed by atoms with E-state index in [0.29, 0.717) is 17.7 Å². The van der Waals surface area contributed by atoms with Crippen molar-refractivity contribution >= 4 is 40.0 Å². The normalized spacial score (nSPS) is 11.9. The number of ether oxygens (including phenoxy) is 1. The second kappa shape index (κ2) is 11.6. The van der Waals surface area contributed by atoms with Crippen molar-refractivity contribution < 1.29 is 13.9 Å². The Labute approximate surface area is 223 Å². The van der Waals surface area contributed by atoms with E-state index in [4.69, 9.17) is 21.4 Å². The molecule has 4 aromatic rings. The average Bonchev–Trinajstić information content (AvgIpc) is 3.30. The molecule has 1 atom stereocenters. The van der Waals surface area contributed by atoms with Crippen molar-refractivity contribution in [3.05, 3.63) is 77.4 Å². The first-order chi connectivity index (χ1) is 17.7. The predicted octanol–water partition coefficient (Wildman–Crippen LogP) is 7.33. The Bertz CT molecular complexity index is 1410. The number of aryl methyl sites for hydroxylation is 1. The van der Waals surface area contributed by atoms with E-state index in [0.717, 1.165) is 45.6 Å². The summed E-state index contributed by atoms with van der Waals surface area (Å²) in [5.41, 5.74) is 6.62. The number of anilines is 1. The first-order valence-electron chi connectivity index (χ1n) is 12.6. The SMILES string of the molecule is CCC(C)c1ccc2oc(-c3ccc(NC(=S)NC(=O)COc4cc(C)ccc4C(C)C)cc3)nc2c1. The molecule has 7 heteroatoms. The maximum atomic E-state index is 12.4. The lowest BCUT2D eigenvalue weighted by atomic mass is 9.98. The summed E-state index contributed by atoms with van der Waals surface area (Å²) in [6.07, 6.45) is 1.08. The number of oxazole rings is 1. The molecule has 1 unspecified atom stereocenters. The molecule has 1 heterocycles. The van der Waals surface area contributed by atoms with E-state index in [1.54, 1.807) is 0 Å². The van der Waals surface area contributed by atoms with Crippen LogP contribution >= 0.6 is 12.2 Å². The van der Waals surface area contributed by atoms with Gasteiger partial charge in [-0.3, -0.25) is 10.1 Å². The molecule has 0 aliphatic rings. The molecule has 1 aromatic heterocycles. The number of amides is 1. The number of thiocarbonyl (C=S) groups is 1. The molecule has 0 saturated heterocycles. The number of nitrogens with one attached hydrogen (secondary N) is 2. The Morgan fingerprint density at radius 2 is 1.81 bits per heavy atom. The fourth-order valence-electron chi connectivity index (χ4n) is 4.02. The number of hydrogen-bond donors (Lipinski definition) is 2. The van der Waals surface area contributed by atoms with Gasteiger partial charge in [0.2, 0.25) is 5.89 Å². The van der Waals surface area contributed by atoms with Crippen molar-refractivity contribution in [1.82, 2.24) is 10.3 Å². The number of benzene rings is 3. The fourth-order valence-corrected chi connectivity index (χ4v) is 4.25. The molecule has 0 radical (unpaired) electrons. The van der Waals surface area contributed by atoms with Crippen LogP contribution in [0.5, 0.6) is 5.75 Å². The summed E-state index contributed by atoms with van der Waals surface area (Å²) in [5, 5.41) is 5.91. The Morgan fingerprint density at radius 3 is 2.51 bits per heavy atom. The molecule has 1 amide bonds. The quantitative estimate of drug-likeness (QED) is 0.239. The van der Waals surface area contributed by atoms with E-state index in [-0.39, 0.29) is 17.6 Å². The molecule has 6 nitrogen and oxygen atoms in total. The maximum absolute atomic E-state index is 12.4. The number of fused-ring (bicyclic) bond motifs is 1. The Hall–Kier alpha value is -3.71. The van der Waals surface area contributed by atoms with Crippen LogP contribution in [0.3, 0.4) is 0 Å². The van der Waals surface area contributed by atoms with Crippen LogP contribution in [0.4, 0.5) is 5.69 Å². The monoisotopic (exact) mass is 515 g/mol. The lowest BCUT2D eigenvalue weighted by Crippen LogP contribution is -2.37. The minimum absolute atomic E-state index is 0.125. The number of nitrogens with zero attached hydrogens (tertiary/aromatic N) is 1. The molecule has 0 spiro atoms. The van der Waals surface area contributed by atoms with Crippen molar-refractivity contribution in [2.45, 2.75) is 52.9 Å². The van der Waals surface area contributed by atoms with Crippen molar-refractivity contribution in [2.24, 2.45) is 0 Å². The lowest BCUT2D eigenvalue weighted by molar-refractivity contribution is -0.121. The van der Waals surface area contributed by atoms with Crippen LogP contribution < -0.4 is 15.4 Å². The van der Waals surface area contributed by atoms with E-state index in [1.807, 2.05) is 55.5 Å². The highest BCUT2D eigenvalue weighted by atomic mass is 32.1. The van der Waals surface area contributed by atoms with Crippen LogP contribution in [0.15, 0.2) is 65.1 Å². The molecule has 3 aromatic carbocycles. The minimum Gasteiger partial charge on any atom is -0.483 e. The van der Waals surface area contributed by atoms with Gasteiger partial charge in [-0.1, -0.05) is 45.9 Å². The summed E-state index contributed by atoms with van der Waals surface area (Å²) < 4.78 is 11.8. The molecular formula is C30H33N3O3S. The van der Waals surface area contributed by atoms with Crippen molar-refractivity contribution in [3.8, 4) is 17.2 Å². The number of carbonyl (C=O) groups excluding carboxylic acids is 1. The summed E-state index contributed by atoms with van der Waals surface area (Å²) in [5.74, 6) is 1.73. The molecule has 2 N–H and O–H groups in total. The average molecular weight is 516 g/mol. The molecule has 4 rings (SSSR count). The first kappa shape index (κ1) is 26.4. The zero-order valence-corrected chi connectivity index (χ0v) is 22.7. The molecular weight excluding hydrogens is 482 g/mol. The van der Waals surface area contributed by atoms with Crippen LogP contribution in [0.25, 0.3) is 22.6 Å².